The monoisotopic (exact) mass is 648 g/mol. The molecule has 47 heavy (non-hydrogen) atoms. The van der Waals surface area contributed by atoms with Crippen LogP contribution < -0.4 is 10.7 Å². The number of halogens is 1. The first-order valence-corrected chi connectivity index (χ1v) is 17.0. The number of benzene rings is 3. The van der Waals surface area contributed by atoms with E-state index in [-0.39, 0.29) is 23.0 Å². The molecular formula is C40H41ClN2O4. The van der Waals surface area contributed by atoms with Crippen LogP contribution in [0.4, 0.5) is 0 Å². The standard InChI is InChI=1S/C40H41ClN2O4/c1-26(2)30-16-19-37-35(23-30)36(44)24-38(47-37)40(46)42-33(22-28-12-17-32(41)18-13-28)21-27-10-14-29(15-11-27)34-8-4-3-7-31(34)25-43-20-6-5-9-39(43)45/h3-4,7-8,12-13,16-19,21-24,26,29H,5-6,9-11,14-15,20,25H2,1-2H3,(H,42,46)/b27-21?,33-22-. The van der Waals surface area contributed by atoms with E-state index in [9.17, 15) is 14.4 Å². The van der Waals surface area contributed by atoms with E-state index in [0.29, 0.717) is 40.6 Å². The molecule has 0 bridgehead atoms. The van der Waals surface area contributed by atoms with E-state index in [0.717, 1.165) is 56.2 Å². The lowest BCUT2D eigenvalue weighted by atomic mass is 9.79. The zero-order valence-electron chi connectivity index (χ0n) is 27.1. The van der Waals surface area contributed by atoms with Gasteiger partial charge in [0.15, 0.2) is 11.2 Å². The number of piperidine rings is 1. The van der Waals surface area contributed by atoms with Crippen molar-refractivity contribution in [2.75, 3.05) is 6.54 Å². The number of amides is 2. The van der Waals surface area contributed by atoms with Crippen LogP contribution in [0.1, 0.15) is 103 Å². The minimum Gasteiger partial charge on any atom is -0.451 e. The molecule has 0 atom stereocenters. The molecule has 1 saturated heterocycles. The number of nitrogens with zero attached hydrogens (tertiary/aromatic N) is 1. The zero-order chi connectivity index (χ0) is 32.9. The highest BCUT2D eigenvalue weighted by atomic mass is 35.5. The summed E-state index contributed by atoms with van der Waals surface area (Å²) in [5.41, 5.74) is 6.50. The second-order valence-electron chi connectivity index (χ2n) is 13.0. The molecule has 0 radical (unpaired) electrons. The van der Waals surface area contributed by atoms with Gasteiger partial charge < -0.3 is 14.6 Å². The molecular weight excluding hydrogens is 608 g/mol. The number of likely N-dealkylation sites (tertiary alicyclic amines) is 1. The molecule has 0 spiro atoms. The van der Waals surface area contributed by atoms with Gasteiger partial charge in [-0.1, -0.05) is 73.5 Å². The zero-order valence-corrected chi connectivity index (χ0v) is 27.8. The van der Waals surface area contributed by atoms with Gasteiger partial charge in [-0.25, -0.2) is 0 Å². The molecule has 2 fully saturated rings. The maximum atomic E-state index is 13.5. The van der Waals surface area contributed by atoms with Crippen molar-refractivity contribution < 1.29 is 14.0 Å². The topological polar surface area (TPSA) is 79.6 Å². The minimum atomic E-state index is -0.483. The van der Waals surface area contributed by atoms with Crippen molar-refractivity contribution in [3.8, 4) is 0 Å². The Morgan fingerprint density at radius 3 is 2.49 bits per heavy atom. The third kappa shape index (κ3) is 7.94. The predicted octanol–water partition coefficient (Wildman–Crippen LogP) is 9.14. The summed E-state index contributed by atoms with van der Waals surface area (Å²) in [6.07, 6.45) is 10.4. The number of carbonyl (C=O) groups excluding carboxylic acids is 2. The highest BCUT2D eigenvalue weighted by molar-refractivity contribution is 6.30. The highest BCUT2D eigenvalue weighted by Crippen LogP contribution is 2.38. The highest BCUT2D eigenvalue weighted by Gasteiger charge is 2.24. The van der Waals surface area contributed by atoms with Crippen molar-refractivity contribution in [2.45, 2.75) is 77.2 Å². The molecule has 1 aliphatic heterocycles. The van der Waals surface area contributed by atoms with E-state index in [1.807, 2.05) is 47.4 Å². The lowest BCUT2D eigenvalue weighted by Gasteiger charge is -2.30. The lowest BCUT2D eigenvalue weighted by molar-refractivity contribution is -0.133. The Labute approximate surface area is 281 Å². The molecule has 1 aromatic heterocycles. The summed E-state index contributed by atoms with van der Waals surface area (Å²) in [4.78, 5) is 41.0. The first-order valence-electron chi connectivity index (χ1n) is 16.6. The Morgan fingerprint density at radius 1 is 0.979 bits per heavy atom. The lowest BCUT2D eigenvalue weighted by Crippen LogP contribution is -2.35. The molecule has 242 valence electrons. The van der Waals surface area contributed by atoms with Gasteiger partial charge in [-0.3, -0.25) is 14.4 Å². The van der Waals surface area contributed by atoms with Crippen LogP contribution in [0.15, 0.2) is 99.4 Å². The average Bonchev–Trinajstić information content (AvgIpc) is 3.07. The molecule has 1 N–H and O–H groups in total. The van der Waals surface area contributed by atoms with E-state index in [1.165, 1.54) is 22.8 Å². The number of nitrogens with one attached hydrogen (secondary N) is 1. The summed E-state index contributed by atoms with van der Waals surface area (Å²) in [6, 6.07) is 22.8. The fourth-order valence-electron chi connectivity index (χ4n) is 6.66. The minimum absolute atomic E-state index is 0.0345. The predicted molar refractivity (Wildman–Crippen MR) is 188 cm³/mol. The van der Waals surface area contributed by atoms with E-state index < -0.39 is 5.91 Å². The van der Waals surface area contributed by atoms with Gasteiger partial charge in [0.25, 0.3) is 5.91 Å². The molecule has 0 unspecified atom stereocenters. The average molecular weight is 649 g/mol. The van der Waals surface area contributed by atoms with Gasteiger partial charge in [-0.05, 0) is 109 Å². The number of carbonyl (C=O) groups is 2. The normalized spacial score (nSPS) is 17.3. The van der Waals surface area contributed by atoms with Crippen LogP contribution >= 0.6 is 11.6 Å². The summed E-state index contributed by atoms with van der Waals surface area (Å²) in [6.45, 7) is 5.65. The molecule has 6 rings (SSSR count). The van der Waals surface area contributed by atoms with Gasteiger partial charge in [-0.2, -0.15) is 0 Å². The van der Waals surface area contributed by atoms with Crippen molar-refractivity contribution >= 4 is 40.5 Å². The maximum absolute atomic E-state index is 13.5. The number of hydrogen-bond acceptors (Lipinski definition) is 4. The van der Waals surface area contributed by atoms with Crippen molar-refractivity contribution in [3.05, 3.63) is 133 Å². The third-order valence-corrected chi connectivity index (χ3v) is 9.61. The van der Waals surface area contributed by atoms with Crippen LogP contribution in [0.2, 0.25) is 5.02 Å². The van der Waals surface area contributed by atoms with Crippen LogP contribution in [-0.4, -0.2) is 23.3 Å². The number of allylic oxidation sites excluding steroid dienone is 2. The molecule has 2 amide bonds. The second kappa shape index (κ2) is 14.6. The number of fused-ring (bicyclic) bond motifs is 1. The Bertz CT molecular complexity index is 1890. The molecule has 1 aliphatic carbocycles. The Kier molecular flexibility index (Phi) is 10.1. The van der Waals surface area contributed by atoms with Crippen molar-refractivity contribution in [1.29, 1.82) is 0 Å². The molecule has 1 saturated carbocycles. The molecule has 7 heteroatoms. The van der Waals surface area contributed by atoms with E-state index >= 15 is 0 Å². The van der Waals surface area contributed by atoms with Gasteiger partial charge in [0.05, 0.1) is 5.39 Å². The van der Waals surface area contributed by atoms with Gasteiger partial charge in [0.1, 0.15) is 5.58 Å². The Balaban J connectivity index is 1.21. The van der Waals surface area contributed by atoms with Crippen LogP contribution in [-0.2, 0) is 11.3 Å². The maximum Gasteiger partial charge on any atom is 0.291 e. The summed E-state index contributed by atoms with van der Waals surface area (Å²) in [5, 5.41) is 4.11. The number of hydrogen-bond donors (Lipinski definition) is 1. The van der Waals surface area contributed by atoms with Gasteiger partial charge >= 0.3 is 0 Å². The van der Waals surface area contributed by atoms with E-state index in [1.54, 1.807) is 6.07 Å². The van der Waals surface area contributed by atoms with Crippen LogP contribution in [0, 0.1) is 0 Å². The smallest absolute Gasteiger partial charge is 0.291 e. The van der Waals surface area contributed by atoms with Crippen molar-refractivity contribution in [3.63, 3.8) is 0 Å². The number of rotatable bonds is 8. The fraction of sp³-hybridized carbons (Fsp3) is 0.325. The SMILES string of the molecule is CC(C)c1ccc2oc(C(=O)N/C(C=C3CCC(c4ccccc4CN4CCCCC4=O)CC3)=C\c3ccc(Cl)cc3)cc(=O)c2c1. The summed E-state index contributed by atoms with van der Waals surface area (Å²) >= 11 is 6.13. The molecule has 2 heterocycles. The molecule has 6 nitrogen and oxygen atoms in total. The van der Waals surface area contributed by atoms with Crippen LogP contribution in [0.3, 0.4) is 0 Å². The molecule has 4 aromatic rings. The first-order chi connectivity index (χ1) is 22.7. The third-order valence-electron chi connectivity index (χ3n) is 9.36. The molecule has 3 aromatic carbocycles. The largest absolute Gasteiger partial charge is 0.451 e. The van der Waals surface area contributed by atoms with Crippen LogP contribution in [0.25, 0.3) is 17.0 Å². The van der Waals surface area contributed by atoms with Gasteiger partial charge in [0, 0.05) is 36.3 Å². The summed E-state index contributed by atoms with van der Waals surface area (Å²) < 4.78 is 5.93. The first kappa shape index (κ1) is 32.5. The summed E-state index contributed by atoms with van der Waals surface area (Å²) in [5.74, 6) is 0.414. The van der Waals surface area contributed by atoms with E-state index in [4.69, 9.17) is 16.0 Å². The summed E-state index contributed by atoms with van der Waals surface area (Å²) in [7, 11) is 0. The van der Waals surface area contributed by atoms with E-state index in [2.05, 4.69) is 49.5 Å². The Hall–Kier alpha value is -4.42. The van der Waals surface area contributed by atoms with Gasteiger partial charge in [-0.15, -0.1) is 0 Å². The fourth-order valence-corrected chi connectivity index (χ4v) is 6.79. The van der Waals surface area contributed by atoms with Crippen LogP contribution in [0.5, 0.6) is 0 Å². The quantitative estimate of drug-likeness (QED) is 0.207. The van der Waals surface area contributed by atoms with Crippen molar-refractivity contribution in [1.82, 2.24) is 10.2 Å². The second-order valence-corrected chi connectivity index (χ2v) is 13.5. The Morgan fingerprint density at radius 2 is 1.74 bits per heavy atom. The molecule has 2 aliphatic rings. The van der Waals surface area contributed by atoms with Crippen molar-refractivity contribution in [2.24, 2.45) is 0 Å². The van der Waals surface area contributed by atoms with Gasteiger partial charge in [0.2, 0.25) is 5.91 Å².